The maximum atomic E-state index is 5.67. The first-order valence-corrected chi connectivity index (χ1v) is 6.35. The van der Waals surface area contributed by atoms with E-state index in [1.54, 1.807) is 6.33 Å². The van der Waals surface area contributed by atoms with Crippen LogP contribution in [0.5, 0.6) is 0 Å². The average Bonchev–Trinajstić information content (AvgIpc) is 2.35. The second-order valence-corrected chi connectivity index (χ2v) is 4.84. The smallest absolute Gasteiger partial charge is 0.132 e. The van der Waals surface area contributed by atoms with Crippen molar-refractivity contribution in [2.45, 2.75) is 33.6 Å². The van der Waals surface area contributed by atoms with Crippen LogP contribution in [0.1, 0.15) is 39.3 Å². The molecule has 1 unspecified atom stereocenters. The number of hydrogen-bond donors (Lipinski definition) is 1. The van der Waals surface area contributed by atoms with Gasteiger partial charge in [-0.3, -0.25) is 0 Å². The molecule has 0 saturated carbocycles. The quantitative estimate of drug-likeness (QED) is 0.821. The van der Waals surface area contributed by atoms with Crippen molar-refractivity contribution in [3.8, 4) is 0 Å². The van der Waals surface area contributed by atoms with Crippen LogP contribution in [0.15, 0.2) is 12.4 Å². The van der Waals surface area contributed by atoms with Gasteiger partial charge < -0.3 is 10.6 Å². The molecule has 0 aromatic carbocycles. The minimum atomic E-state index is 0.433. The van der Waals surface area contributed by atoms with Crippen molar-refractivity contribution < 1.29 is 0 Å². The maximum Gasteiger partial charge on any atom is 0.132 e. The summed E-state index contributed by atoms with van der Waals surface area (Å²) in [7, 11) is 0. The molecule has 0 aliphatic heterocycles. The van der Waals surface area contributed by atoms with Crippen LogP contribution in [0.4, 0.5) is 5.82 Å². The van der Waals surface area contributed by atoms with Crippen LogP contribution in [0.25, 0.3) is 0 Å². The summed E-state index contributed by atoms with van der Waals surface area (Å²) in [5.41, 5.74) is 6.76. The number of aromatic nitrogens is 2. The van der Waals surface area contributed by atoms with E-state index in [9.17, 15) is 0 Å². The molecule has 1 rings (SSSR count). The third kappa shape index (κ3) is 3.97. The molecule has 0 radical (unpaired) electrons. The number of rotatable bonds is 6. The maximum absolute atomic E-state index is 5.67. The summed E-state index contributed by atoms with van der Waals surface area (Å²) in [6, 6.07) is 2.08. The third-order valence-electron chi connectivity index (χ3n) is 2.91. The van der Waals surface area contributed by atoms with E-state index >= 15 is 0 Å². The van der Waals surface area contributed by atoms with Gasteiger partial charge in [0.05, 0.1) is 0 Å². The van der Waals surface area contributed by atoms with Crippen LogP contribution in [0.2, 0.25) is 0 Å². The molecule has 4 nitrogen and oxygen atoms in total. The molecule has 0 aliphatic rings. The Morgan fingerprint density at radius 3 is 2.53 bits per heavy atom. The first kappa shape index (κ1) is 13.9. The lowest BCUT2D eigenvalue weighted by Gasteiger charge is -2.25. The van der Waals surface area contributed by atoms with Crippen molar-refractivity contribution in [1.82, 2.24) is 9.97 Å². The van der Waals surface area contributed by atoms with Crippen LogP contribution in [-0.2, 0) is 0 Å². The molecular formula is C13H24N4. The topological polar surface area (TPSA) is 55.0 Å². The first-order chi connectivity index (χ1) is 8.08. The van der Waals surface area contributed by atoms with Gasteiger partial charge in [0, 0.05) is 24.8 Å². The Morgan fingerprint density at radius 2 is 2.00 bits per heavy atom. The molecule has 0 fully saturated rings. The van der Waals surface area contributed by atoms with Gasteiger partial charge in [0.1, 0.15) is 12.1 Å². The molecule has 4 heteroatoms. The normalized spacial score (nSPS) is 12.8. The summed E-state index contributed by atoms with van der Waals surface area (Å²) >= 11 is 0. The van der Waals surface area contributed by atoms with Crippen molar-refractivity contribution in [2.75, 3.05) is 24.5 Å². The van der Waals surface area contributed by atoms with Crippen LogP contribution in [0.3, 0.4) is 0 Å². The van der Waals surface area contributed by atoms with Crippen LogP contribution < -0.4 is 10.6 Å². The Bertz CT molecular complexity index is 338. The van der Waals surface area contributed by atoms with Gasteiger partial charge in [0.15, 0.2) is 0 Å². The highest BCUT2D eigenvalue weighted by Crippen LogP contribution is 2.17. The van der Waals surface area contributed by atoms with Crippen molar-refractivity contribution >= 4 is 5.82 Å². The van der Waals surface area contributed by atoms with E-state index in [0.717, 1.165) is 24.6 Å². The molecule has 0 spiro atoms. The van der Waals surface area contributed by atoms with Gasteiger partial charge in [-0.2, -0.15) is 0 Å². The van der Waals surface area contributed by atoms with Crippen molar-refractivity contribution in [3.63, 3.8) is 0 Å². The monoisotopic (exact) mass is 236 g/mol. The fraction of sp³-hybridized carbons (Fsp3) is 0.692. The minimum absolute atomic E-state index is 0.433. The Hall–Kier alpha value is -1.16. The average molecular weight is 236 g/mol. The zero-order valence-electron chi connectivity index (χ0n) is 11.3. The van der Waals surface area contributed by atoms with Crippen LogP contribution >= 0.6 is 0 Å². The molecule has 1 atom stereocenters. The van der Waals surface area contributed by atoms with E-state index in [1.807, 2.05) is 0 Å². The Labute approximate surface area is 104 Å². The lowest BCUT2D eigenvalue weighted by Crippen LogP contribution is -2.32. The summed E-state index contributed by atoms with van der Waals surface area (Å²) < 4.78 is 0. The molecule has 17 heavy (non-hydrogen) atoms. The largest absolute Gasteiger partial charge is 0.356 e. The fourth-order valence-corrected chi connectivity index (χ4v) is 1.69. The van der Waals surface area contributed by atoms with Gasteiger partial charge in [0.2, 0.25) is 0 Å². The van der Waals surface area contributed by atoms with Gasteiger partial charge in [-0.05, 0) is 25.3 Å². The highest BCUT2D eigenvalue weighted by atomic mass is 15.2. The Balaban J connectivity index is 2.84. The van der Waals surface area contributed by atoms with Gasteiger partial charge in [-0.1, -0.05) is 20.8 Å². The predicted molar refractivity (Wildman–Crippen MR) is 72.2 cm³/mol. The molecule has 0 bridgehead atoms. The van der Waals surface area contributed by atoms with Crippen molar-refractivity contribution in [2.24, 2.45) is 11.7 Å². The number of nitrogens with two attached hydrogens (primary N) is 1. The second kappa shape index (κ2) is 6.55. The Kier molecular flexibility index (Phi) is 5.35. The minimum Gasteiger partial charge on any atom is -0.356 e. The van der Waals surface area contributed by atoms with E-state index in [0.29, 0.717) is 18.4 Å². The van der Waals surface area contributed by atoms with Crippen molar-refractivity contribution in [1.29, 1.82) is 0 Å². The van der Waals surface area contributed by atoms with E-state index in [1.165, 1.54) is 0 Å². The second-order valence-electron chi connectivity index (χ2n) is 4.84. The fourth-order valence-electron chi connectivity index (χ4n) is 1.69. The van der Waals surface area contributed by atoms with E-state index < -0.39 is 0 Å². The molecule has 0 amide bonds. The van der Waals surface area contributed by atoms with Crippen LogP contribution in [-0.4, -0.2) is 29.6 Å². The summed E-state index contributed by atoms with van der Waals surface area (Å²) in [5.74, 6) is 1.92. The number of hydrogen-bond acceptors (Lipinski definition) is 4. The molecule has 1 aromatic heterocycles. The van der Waals surface area contributed by atoms with Crippen LogP contribution in [0, 0.1) is 5.92 Å². The van der Waals surface area contributed by atoms with Gasteiger partial charge in [0.25, 0.3) is 0 Å². The van der Waals surface area contributed by atoms with E-state index in [4.69, 9.17) is 5.73 Å². The molecule has 1 heterocycles. The van der Waals surface area contributed by atoms with E-state index in [2.05, 4.69) is 48.6 Å². The number of anilines is 1. The van der Waals surface area contributed by atoms with Gasteiger partial charge in [-0.25, -0.2) is 9.97 Å². The SMILES string of the molecule is CCN(CC(C)CN)c1cc(C(C)C)ncn1. The lowest BCUT2D eigenvalue weighted by molar-refractivity contribution is 0.572. The highest BCUT2D eigenvalue weighted by molar-refractivity contribution is 5.39. The molecule has 0 saturated heterocycles. The zero-order valence-corrected chi connectivity index (χ0v) is 11.3. The molecule has 96 valence electrons. The molecule has 0 aliphatic carbocycles. The highest BCUT2D eigenvalue weighted by Gasteiger charge is 2.11. The number of nitrogens with zero attached hydrogens (tertiary/aromatic N) is 3. The molecule has 1 aromatic rings. The first-order valence-electron chi connectivity index (χ1n) is 6.35. The summed E-state index contributed by atoms with van der Waals surface area (Å²) in [6.07, 6.45) is 1.65. The summed E-state index contributed by atoms with van der Waals surface area (Å²) in [4.78, 5) is 10.9. The zero-order chi connectivity index (χ0) is 12.8. The third-order valence-corrected chi connectivity index (χ3v) is 2.91. The standard InChI is InChI=1S/C13H24N4/c1-5-17(8-11(4)7-14)13-6-12(10(2)3)15-9-16-13/h6,9-11H,5,7-8,14H2,1-4H3. The molecule has 2 N–H and O–H groups in total. The summed E-state index contributed by atoms with van der Waals surface area (Å²) in [5, 5.41) is 0. The summed E-state index contributed by atoms with van der Waals surface area (Å²) in [6.45, 7) is 11.2. The van der Waals surface area contributed by atoms with E-state index in [-0.39, 0.29) is 0 Å². The van der Waals surface area contributed by atoms with Gasteiger partial charge >= 0.3 is 0 Å². The molecular weight excluding hydrogens is 212 g/mol. The predicted octanol–water partition coefficient (Wildman–Crippen LogP) is 2.02. The van der Waals surface area contributed by atoms with Gasteiger partial charge in [-0.15, -0.1) is 0 Å². The lowest BCUT2D eigenvalue weighted by atomic mass is 10.1. The Morgan fingerprint density at radius 1 is 1.29 bits per heavy atom. The van der Waals surface area contributed by atoms with Crippen molar-refractivity contribution in [3.05, 3.63) is 18.1 Å².